The highest BCUT2D eigenvalue weighted by Gasteiger charge is 2.17. The molecule has 0 aromatic heterocycles. The number of hydrogen-bond acceptors (Lipinski definition) is 6. The highest BCUT2D eigenvalue weighted by molar-refractivity contribution is 7.90. The summed E-state index contributed by atoms with van der Waals surface area (Å²) >= 11 is 0. The molecule has 5 N–H and O–H groups in total. The van der Waals surface area contributed by atoms with E-state index < -0.39 is 33.5 Å². The molecule has 0 spiro atoms. The zero-order valence-electron chi connectivity index (χ0n) is 11.2. The van der Waals surface area contributed by atoms with Gasteiger partial charge in [0, 0.05) is 18.0 Å². The van der Waals surface area contributed by atoms with Crippen LogP contribution >= 0.6 is 0 Å². The summed E-state index contributed by atoms with van der Waals surface area (Å²) in [5, 5.41) is 20.6. The smallest absolute Gasteiger partial charge is 0.339 e. The van der Waals surface area contributed by atoms with E-state index in [0.29, 0.717) is 0 Å². The quantitative estimate of drug-likeness (QED) is 0.567. The van der Waals surface area contributed by atoms with Crippen molar-refractivity contribution < 1.29 is 28.2 Å². The molecule has 0 aliphatic rings. The van der Waals surface area contributed by atoms with Crippen LogP contribution in [0.15, 0.2) is 18.2 Å². The van der Waals surface area contributed by atoms with Gasteiger partial charge in [0.15, 0.2) is 0 Å². The fourth-order valence-corrected chi connectivity index (χ4v) is 2.18. The van der Waals surface area contributed by atoms with E-state index in [2.05, 4.69) is 5.32 Å². The summed E-state index contributed by atoms with van der Waals surface area (Å²) in [6, 6.07) is 2.48. The van der Waals surface area contributed by atoms with Crippen molar-refractivity contribution in [3.05, 3.63) is 23.8 Å². The van der Waals surface area contributed by atoms with Crippen LogP contribution in [0.3, 0.4) is 0 Å². The number of benzene rings is 1. The molecule has 0 aliphatic heterocycles. The van der Waals surface area contributed by atoms with Gasteiger partial charge in [-0.25, -0.2) is 13.2 Å². The fourth-order valence-electron chi connectivity index (χ4n) is 1.50. The lowest BCUT2D eigenvalue weighted by Crippen LogP contribution is -2.37. The van der Waals surface area contributed by atoms with Gasteiger partial charge in [-0.05, 0) is 18.6 Å². The number of rotatable bonds is 6. The van der Waals surface area contributed by atoms with Crippen LogP contribution < -0.4 is 11.1 Å². The third-order valence-corrected chi connectivity index (χ3v) is 3.61. The highest BCUT2D eigenvalue weighted by atomic mass is 32.2. The van der Waals surface area contributed by atoms with Gasteiger partial charge in [-0.3, -0.25) is 4.79 Å². The number of aromatic hydroxyl groups is 1. The molecule has 0 aliphatic carbocycles. The number of hydrogen-bond donors (Lipinski definition) is 4. The van der Waals surface area contributed by atoms with E-state index in [9.17, 15) is 23.1 Å². The van der Waals surface area contributed by atoms with Gasteiger partial charge in [0.25, 0.3) is 0 Å². The van der Waals surface area contributed by atoms with E-state index in [1.165, 1.54) is 6.07 Å². The number of phenols is 1. The average Bonchev–Trinajstić information content (AvgIpc) is 2.34. The third kappa shape index (κ3) is 5.40. The number of anilines is 1. The minimum absolute atomic E-state index is 0.0378. The number of amides is 1. The van der Waals surface area contributed by atoms with Gasteiger partial charge in [-0.1, -0.05) is 0 Å². The number of sulfone groups is 1. The number of nitrogens with one attached hydrogen (secondary N) is 1. The molecule has 1 aromatic rings. The maximum absolute atomic E-state index is 11.7. The molecule has 1 amide bonds. The third-order valence-electron chi connectivity index (χ3n) is 2.63. The topological polar surface area (TPSA) is 147 Å². The predicted molar refractivity (Wildman–Crippen MR) is 76.0 cm³/mol. The van der Waals surface area contributed by atoms with Crippen molar-refractivity contribution in [1.82, 2.24) is 0 Å². The molecule has 1 rings (SSSR count). The first-order valence-corrected chi connectivity index (χ1v) is 7.96. The van der Waals surface area contributed by atoms with Gasteiger partial charge in [-0.15, -0.1) is 0 Å². The standard InChI is InChI=1S/C12H16N2O6S/c1-21(19,20)5-4-9(13)11(16)14-7-2-3-8(12(17)18)10(15)6-7/h2-3,6,9,15H,4-5,13H2,1H3,(H,14,16)(H,17,18). The van der Waals surface area contributed by atoms with Gasteiger partial charge in [0.2, 0.25) is 5.91 Å². The van der Waals surface area contributed by atoms with Crippen molar-refractivity contribution >= 4 is 27.4 Å². The van der Waals surface area contributed by atoms with E-state index in [0.717, 1.165) is 18.4 Å². The number of aromatic carboxylic acids is 1. The lowest BCUT2D eigenvalue weighted by Gasteiger charge is -2.12. The van der Waals surface area contributed by atoms with Crippen molar-refractivity contribution in [1.29, 1.82) is 0 Å². The Morgan fingerprint density at radius 3 is 2.48 bits per heavy atom. The van der Waals surface area contributed by atoms with Crippen LogP contribution in [0.2, 0.25) is 0 Å². The Labute approximate surface area is 121 Å². The highest BCUT2D eigenvalue weighted by Crippen LogP contribution is 2.22. The van der Waals surface area contributed by atoms with Gasteiger partial charge in [0.05, 0.1) is 11.8 Å². The molecule has 1 unspecified atom stereocenters. The monoisotopic (exact) mass is 316 g/mol. The van der Waals surface area contributed by atoms with E-state index >= 15 is 0 Å². The van der Waals surface area contributed by atoms with Gasteiger partial charge >= 0.3 is 5.97 Å². The molecule has 9 heteroatoms. The number of carboxylic acid groups (broad SMARTS) is 1. The van der Waals surface area contributed by atoms with E-state index in [4.69, 9.17) is 10.8 Å². The average molecular weight is 316 g/mol. The molecule has 116 valence electrons. The number of carbonyl (C=O) groups excluding carboxylic acids is 1. The van der Waals surface area contributed by atoms with Crippen LogP contribution in [0.5, 0.6) is 5.75 Å². The minimum atomic E-state index is -3.21. The van der Waals surface area contributed by atoms with Crippen molar-refractivity contribution in [2.45, 2.75) is 12.5 Å². The molecule has 8 nitrogen and oxygen atoms in total. The maximum atomic E-state index is 11.7. The first-order chi connectivity index (χ1) is 9.60. The Kier molecular flexibility index (Phi) is 5.28. The van der Waals surface area contributed by atoms with Crippen LogP contribution in [0.4, 0.5) is 5.69 Å². The van der Waals surface area contributed by atoms with Crippen LogP contribution in [-0.4, -0.2) is 48.6 Å². The lowest BCUT2D eigenvalue weighted by molar-refractivity contribution is -0.117. The molecule has 0 heterocycles. The number of carbonyl (C=O) groups is 2. The first kappa shape index (κ1) is 16.9. The SMILES string of the molecule is CS(=O)(=O)CCC(N)C(=O)Nc1ccc(C(=O)O)c(O)c1. The van der Waals surface area contributed by atoms with Gasteiger partial charge in [-0.2, -0.15) is 0 Å². The molecule has 0 fully saturated rings. The van der Waals surface area contributed by atoms with Gasteiger partial charge in [0.1, 0.15) is 21.2 Å². The van der Waals surface area contributed by atoms with Crippen LogP contribution in [0, 0.1) is 0 Å². The Hall–Kier alpha value is -2.13. The predicted octanol–water partition coefficient (Wildman–Crippen LogP) is -0.209. The van der Waals surface area contributed by atoms with Crippen LogP contribution in [-0.2, 0) is 14.6 Å². The van der Waals surface area contributed by atoms with E-state index in [1.54, 1.807) is 0 Å². The number of nitrogens with two attached hydrogens (primary N) is 1. The fraction of sp³-hybridized carbons (Fsp3) is 0.333. The molecule has 1 atom stereocenters. The molecule has 0 bridgehead atoms. The Balaban J connectivity index is 2.70. The van der Waals surface area contributed by atoms with Crippen LogP contribution in [0.25, 0.3) is 0 Å². The first-order valence-electron chi connectivity index (χ1n) is 5.90. The molecular formula is C12H16N2O6S. The summed E-state index contributed by atoms with van der Waals surface area (Å²) in [7, 11) is -3.21. The van der Waals surface area contributed by atoms with E-state index in [1.807, 2.05) is 0 Å². The molecule has 1 aromatic carbocycles. The second-order valence-corrected chi connectivity index (χ2v) is 6.81. The lowest BCUT2D eigenvalue weighted by atomic mass is 10.1. The summed E-state index contributed by atoms with van der Waals surface area (Å²) in [5.41, 5.74) is 5.42. The largest absolute Gasteiger partial charge is 0.507 e. The Bertz CT molecular complexity index is 656. The second-order valence-electron chi connectivity index (χ2n) is 4.55. The molecule has 21 heavy (non-hydrogen) atoms. The molecular weight excluding hydrogens is 300 g/mol. The molecule has 0 radical (unpaired) electrons. The summed E-state index contributed by atoms with van der Waals surface area (Å²) in [6.45, 7) is 0. The Morgan fingerprint density at radius 2 is 2.00 bits per heavy atom. The zero-order chi connectivity index (χ0) is 16.2. The Morgan fingerprint density at radius 1 is 1.38 bits per heavy atom. The van der Waals surface area contributed by atoms with Crippen molar-refractivity contribution in [2.24, 2.45) is 5.73 Å². The maximum Gasteiger partial charge on any atom is 0.339 e. The summed E-state index contributed by atoms with van der Waals surface area (Å²) < 4.78 is 22.0. The summed E-state index contributed by atoms with van der Waals surface area (Å²) in [5.74, 6) is -2.63. The summed E-state index contributed by atoms with van der Waals surface area (Å²) in [6.07, 6.45) is 1.00. The van der Waals surface area contributed by atoms with Crippen molar-refractivity contribution in [3.63, 3.8) is 0 Å². The minimum Gasteiger partial charge on any atom is -0.507 e. The number of carboxylic acids is 1. The molecule has 0 saturated heterocycles. The zero-order valence-corrected chi connectivity index (χ0v) is 12.1. The van der Waals surface area contributed by atoms with Crippen molar-refractivity contribution in [2.75, 3.05) is 17.3 Å². The van der Waals surface area contributed by atoms with E-state index in [-0.39, 0.29) is 23.4 Å². The summed E-state index contributed by atoms with van der Waals surface area (Å²) in [4.78, 5) is 22.4. The van der Waals surface area contributed by atoms with Gasteiger partial charge < -0.3 is 21.3 Å². The van der Waals surface area contributed by atoms with Crippen molar-refractivity contribution in [3.8, 4) is 5.75 Å². The normalized spacial score (nSPS) is 12.7. The second kappa shape index (κ2) is 6.55. The molecule has 0 saturated carbocycles. The van der Waals surface area contributed by atoms with Crippen LogP contribution in [0.1, 0.15) is 16.8 Å².